The number of pyridine rings is 1. The van der Waals surface area contributed by atoms with Crippen molar-refractivity contribution in [2.24, 2.45) is 0 Å². The lowest BCUT2D eigenvalue weighted by atomic mass is 9.99. The SMILES string of the molecule is COc1ccc(-c2cc(-c3ccc(OC)cc3)c(C#N)c(SCC(=O)[O-])n2)cc1. The number of benzene rings is 2. The van der Waals surface area contributed by atoms with Crippen molar-refractivity contribution in [1.82, 2.24) is 4.98 Å². The Hall–Kier alpha value is -3.50. The van der Waals surface area contributed by atoms with E-state index in [4.69, 9.17) is 9.47 Å². The minimum atomic E-state index is -1.22. The molecular weight excluding hydrogens is 388 g/mol. The molecule has 0 saturated carbocycles. The third-order valence-corrected chi connectivity index (χ3v) is 5.16. The largest absolute Gasteiger partial charge is 0.549 e. The maximum Gasteiger partial charge on any atom is 0.118 e. The van der Waals surface area contributed by atoms with Crippen LogP contribution < -0.4 is 14.6 Å². The van der Waals surface area contributed by atoms with Gasteiger partial charge in [0.2, 0.25) is 0 Å². The second kappa shape index (κ2) is 9.13. The third-order valence-electron chi connectivity index (χ3n) is 4.21. The van der Waals surface area contributed by atoms with E-state index in [1.807, 2.05) is 42.5 Å². The first-order valence-corrected chi connectivity index (χ1v) is 9.61. The van der Waals surface area contributed by atoms with Crippen LogP contribution in [0.5, 0.6) is 11.5 Å². The summed E-state index contributed by atoms with van der Waals surface area (Å²) in [5, 5.41) is 21.0. The van der Waals surface area contributed by atoms with Gasteiger partial charge in [0.25, 0.3) is 0 Å². The van der Waals surface area contributed by atoms with E-state index in [1.165, 1.54) is 0 Å². The molecule has 6 nitrogen and oxygen atoms in total. The zero-order chi connectivity index (χ0) is 20.8. The molecule has 0 aliphatic carbocycles. The van der Waals surface area contributed by atoms with E-state index in [1.54, 1.807) is 26.4 Å². The molecule has 3 aromatic rings. The standard InChI is InChI=1S/C22H18N2O4S/c1-27-16-7-3-14(4-8-16)18-11-20(15-5-9-17(28-2)10-6-15)24-22(19(18)12-23)29-13-21(25)26/h3-11H,13H2,1-2H3,(H,25,26)/p-1. The van der Waals surface area contributed by atoms with Crippen LogP contribution in [0.2, 0.25) is 0 Å². The zero-order valence-electron chi connectivity index (χ0n) is 15.8. The molecule has 0 N–H and O–H groups in total. The number of rotatable bonds is 7. The Labute approximate surface area is 172 Å². The summed E-state index contributed by atoms with van der Waals surface area (Å²) in [5.74, 6) is -0.107. The van der Waals surface area contributed by atoms with Crippen molar-refractivity contribution in [1.29, 1.82) is 5.26 Å². The molecule has 7 heteroatoms. The zero-order valence-corrected chi connectivity index (χ0v) is 16.7. The van der Waals surface area contributed by atoms with E-state index in [-0.39, 0.29) is 5.75 Å². The van der Waals surface area contributed by atoms with Crippen molar-refractivity contribution in [2.75, 3.05) is 20.0 Å². The third kappa shape index (κ3) is 4.68. The number of nitrogens with zero attached hydrogens (tertiary/aromatic N) is 2. The van der Waals surface area contributed by atoms with Crippen molar-refractivity contribution in [3.8, 4) is 40.0 Å². The summed E-state index contributed by atoms with van der Waals surface area (Å²) in [5.41, 5.74) is 3.23. The van der Waals surface area contributed by atoms with Crippen LogP contribution in [0.25, 0.3) is 22.4 Å². The lowest BCUT2D eigenvalue weighted by Crippen LogP contribution is -2.24. The van der Waals surface area contributed by atoms with Crippen LogP contribution in [0, 0.1) is 11.3 Å². The summed E-state index contributed by atoms with van der Waals surface area (Å²) in [4.78, 5) is 15.5. The Morgan fingerprint density at radius 2 is 1.59 bits per heavy atom. The lowest BCUT2D eigenvalue weighted by Gasteiger charge is -2.13. The van der Waals surface area contributed by atoms with Gasteiger partial charge in [-0.2, -0.15) is 5.26 Å². The molecule has 1 aromatic heterocycles. The molecule has 0 fully saturated rings. The van der Waals surface area contributed by atoms with Crippen LogP contribution in [0.15, 0.2) is 59.6 Å². The summed E-state index contributed by atoms with van der Waals surface area (Å²) >= 11 is 0.968. The number of aromatic nitrogens is 1. The summed E-state index contributed by atoms with van der Waals surface area (Å²) in [6.07, 6.45) is 0. The number of nitriles is 1. The van der Waals surface area contributed by atoms with Crippen molar-refractivity contribution < 1.29 is 19.4 Å². The number of methoxy groups -OCH3 is 2. The smallest absolute Gasteiger partial charge is 0.118 e. The Morgan fingerprint density at radius 1 is 1.03 bits per heavy atom. The summed E-state index contributed by atoms with van der Waals surface area (Å²) in [7, 11) is 3.17. The van der Waals surface area contributed by atoms with Crippen LogP contribution in [-0.2, 0) is 4.79 Å². The van der Waals surface area contributed by atoms with Crippen LogP contribution in [0.4, 0.5) is 0 Å². The number of hydrogen-bond donors (Lipinski definition) is 0. The highest BCUT2D eigenvalue weighted by Crippen LogP contribution is 2.35. The van der Waals surface area contributed by atoms with Gasteiger partial charge in [-0.25, -0.2) is 4.98 Å². The summed E-state index contributed by atoms with van der Waals surface area (Å²) < 4.78 is 10.4. The second-order valence-electron chi connectivity index (χ2n) is 5.96. The predicted octanol–water partition coefficient (Wildman–Crippen LogP) is 3.15. The van der Waals surface area contributed by atoms with Gasteiger partial charge >= 0.3 is 0 Å². The molecule has 29 heavy (non-hydrogen) atoms. The minimum Gasteiger partial charge on any atom is -0.549 e. The average Bonchev–Trinajstić information content (AvgIpc) is 2.77. The number of carboxylic acid groups (broad SMARTS) is 1. The van der Waals surface area contributed by atoms with Gasteiger partial charge in [-0.15, -0.1) is 0 Å². The maximum absolute atomic E-state index is 11.0. The highest BCUT2D eigenvalue weighted by molar-refractivity contribution is 7.99. The molecule has 0 radical (unpaired) electrons. The van der Waals surface area contributed by atoms with Gasteiger partial charge < -0.3 is 19.4 Å². The number of hydrogen-bond acceptors (Lipinski definition) is 7. The van der Waals surface area contributed by atoms with Gasteiger partial charge in [-0.05, 0) is 48.0 Å². The van der Waals surface area contributed by atoms with Gasteiger partial charge in [0.15, 0.2) is 0 Å². The van der Waals surface area contributed by atoms with E-state index >= 15 is 0 Å². The first kappa shape index (κ1) is 20.2. The lowest BCUT2D eigenvalue weighted by molar-refractivity contribution is -0.301. The van der Waals surface area contributed by atoms with Crippen molar-refractivity contribution >= 4 is 17.7 Å². The molecule has 2 aromatic carbocycles. The molecule has 0 atom stereocenters. The fourth-order valence-corrected chi connectivity index (χ4v) is 3.49. The number of aliphatic carboxylic acids is 1. The highest BCUT2D eigenvalue weighted by Gasteiger charge is 2.16. The molecule has 0 amide bonds. The molecule has 0 aliphatic rings. The van der Waals surface area contributed by atoms with Gasteiger partial charge in [-0.3, -0.25) is 0 Å². The predicted molar refractivity (Wildman–Crippen MR) is 109 cm³/mol. The second-order valence-corrected chi connectivity index (χ2v) is 6.93. The van der Waals surface area contributed by atoms with Gasteiger partial charge in [-0.1, -0.05) is 23.9 Å². The molecule has 3 rings (SSSR count). The molecule has 0 spiro atoms. The quantitative estimate of drug-likeness (QED) is 0.557. The molecule has 146 valence electrons. The molecule has 0 saturated heterocycles. The van der Waals surface area contributed by atoms with E-state index < -0.39 is 5.97 Å². The van der Waals surface area contributed by atoms with Crippen LogP contribution in [0.3, 0.4) is 0 Å². The maximum atomic E-state index is 11.0. The van der Waals surface area contributed by atoms with E-state index in [9.17, 15) is 15.2 Å². The molecule has 1 heterocycles. The number of thioether (sulfide) groups is 1. The average molecular weight is 405 g/mol. The van der Waals surface area contributed by atoms with E-state index in [0.717, 1.165) is 22.9 Å². The first-order chi connectivity index (χ1) is 14.0. The van der Waals surface area contributed by atoms with Crippen LogP contribution >= 0.6 is 11.8 Å². The van der Waals surface area contributed by atoms with Crippen molar-refractivity contribution in [3.05, 3.63) is 60.2 Å². The molecule has 0 aliphatic heterocycles. The fraction of sp³-hybridized carbons (Fsp3) is 0.136. The Kier molecular flexibility index (Phi) is 6.37. The fourth-order valence-electron chi connectivity index (χ4n) is 2.77. The van der Waals surface area contributed by atoms with Crippen LogP contribution in [0.1, 0.15) is 5.56 Å². The van der Waals surface area contributed by atoms with E-state index in [2.05, 4.69) is 11.1 Å². The number of carboxylic acids is 1. The first-order valence-electron chi connectivity index (χ1n) is 8.62. The summed E-state index contributed by atoms with van der Waals surface area (Å²) in [6.45, 7) is 0. The van der Waals surface area contributed by atoms with E-state index in [0.29, 0.717) is 33.3 Å². The normalized spacial score (nSPS) is 10.2. The molecule has 0 unspecified atom stereocenters. The Balaban J connectivity index is 2.16. The minimum absolute atomic E-state index is 0.296. The van der Waals surface area contributed by atoms with Gasteiger partial charge in [0.05, 0.1) is 31.4 Å². The highest BCUT2D eigenvalue weighted by atomic mass is 32.2. The monoisotopic (exact) mass is 405 g/mol. The Bertz CT molecular complexity index is 1060. The summed E-state index contributed by atoms with van der Waals surface area (Å²) in [6, 6.07) is 18.6. The number of carbonyl (C=O) groups is 1. The van der Waals surface area contributed by atoms with Crippen molar-refractivity contribution in [3.63, 3.8) is 0 Å². The molecule has 0 bridgehead atoms. The van der Waals surface area contributed by atoms with Gasteiger partial charge in [0.1, 0.15) is 22.6 Å². The van der Waals surface area contributed by atoms with Crippen molar-refractivity contribution in [2.45, 2.75) is 5.03 Å². The topological polar surface area (TPSA) is 95.3 Å². The molecular formula is C22H17N2O4S-. The van der Waals surface area contributed by atoms with Gasteiger partial charge in [0, 0.05) is 16.9 Å². The number of carbonyl (C=O) groups excluding carboxylic acids is 1. The Morgan fingerprint density at radius 3 is 2.07 bits per heavy atom. The van der Waals surface area contributed by atoms with Crippen LogP contribution in [-0.4, -0.2) is 30.9 Å². The number of ether oxygens (including phenoxy) is 2.